The molecule has 0 saturated heterocycles. The van der Waals surface area contributed by atoms with Crippen molar-refractivity contribution in [2.24, 2.45) is 0 Å². The van der Waals surface area contributed by atoms with Gasteiger partial charge in [-0.2, -0.15) is 0 Å². The normalized spacial score (nSPS) is 11.1. The molecule has 0 aliphatic heterocycles. The summed E-state index contributed by atoms with van der Waals surface area (Å²) in [7, 11) is 1.53. The first kappa shape index (κ1) is 19.2. The number of rotatable bonds is 7. The van der Waals surface area contributed by atoms with Crippen molar-refractivity contribution in [1.29, 1.82) is 0 Å². The van der Waals surface area contributed by atoms with E-state index in [1.165, 1.54) is 24.5 Å². The standard InChI is InChI=1S/C17H20ClN3O3S/c1-5-24-13-9-11(8-12(18)15(13)23-4)6-7-14(22)19-17-21-20-16(25-17)10(2)3/h6-10H,5H2,1-4H3,(H,19,21,22)/b7-6+. The Bertz CT molecular complexity index is 774. The highest BCUT2D eigenvalue weighted by Gasteiger charge is 2.11. The molecule has 1 N–H and O–H groups in total. The fraction of sp³-hybridized carbons (Fsp3) is 0.353. The lowest BCUT2D eigenvalue weighted by Crippen LogP contribution is -2.07. The van der Waals surface area contributed by atoms with Gasteiger partial charge < -0.3 is 9.47 Å². The van der Waals surface area contributed by atoms with Crippen LogP contribution in [-0.2, 0) is 4.79 Å². The number of hydrogen-bond acceptors (Lipinski definition) is 6. The molecule has 0 aliphatic rings. The number of ether oxygens (including phenoxy) is 2. The minimum Gasteiger partial charge on any atom is -0.491 e. The first-order valence-electron chi connectivity index (χ1n) is 7.77. The summed E-state index contributed by atoms with van der Waals surface area (Å²) < 4.78 is 10.8. The molecule has 134 valence electrons. The number of methoxy groups -OCH3 is 1. The number of carbonyl (C=O) groups is 1. The Kier molecular flexibility index (Phi) is 6.78. The van der Waals surface area contributed by atoms with E-state index in [0.29, 0.717) is 28.3 Å². The Morgan fingerprint density at radius 1 is 1.40 bits per heavy atom. The van der Waals surface area contributed by atoms with Gasteiger partial charge in [-0.15, -0.1) is 10.2 Å². The molecule has 0 atom stereocenters. The number of nitrogens with zero attached hydrogens (tertiary/aromatic N) is 2. The van der Waals surface area contributed by atoms with E-state index in [1.807, 2.05) is 20.8 Å². The highest BCUT2D eigenvalue weighted by molar-refractivity contribution is 7.15. The molecule has 0 aliphatic carbocycles. The van der Waals surface area contributed by atoms with Gasteiger partial charge in [-0.1, -0.05) is 36.8 Å². The third-order valence-corrected chi connectivity index (χ3v) is 4.55. The molecule has 0 unspecified atom stereocenters. The summed E-state index contributed by atoms with van der Waals surface area (Å²) in [5, 5.41) is 12.4. The molecule has 0 radical (unpaired) electrons. The fourth-order valence-electron chi connectivity index (χ4n) is 1.98. The predicted molar refractivity (Wildman–Crippen MR) is 101 cm³/mol. The molecule has 2 aromatic rings. The van der Waals surface area contributed by atoms with Gasteiger partial charge in [-0.25, -0.2) is 0 Å². The zero-order valence-electron chi connectivity index (χ0n) is 14.5. The van der Waals surface area contributed by atoms with Crippen LogP contribution in [0.4, 0.5) is 5.13 Å². The minimum atomic E-state index is -0.295. The van der Waals surface area contributed by atoms with Crippen LogP contribution in [0.1, 0.15) is 37.3 Å². The molecular formula is C17H20ClN3O3S. The van der Waals surface area contributed by atoms with Crippen molar-refractivity contribution in [3.8, 4) is 11.5 Å². The Hall–Kier alpha value is -2.12. The zero-order valence-corrected chi connectivity index (χ0v) is 16.1. The SMILES string of the molecule is CCOc1cc(/C=C/C(=O)Nc2nnc(C(C)C)s2)cc(Cl)c1OC. The van der Waals surface area contributed by atoms with Gasteiger partial charge in [0, 0.05) is 12.0 Å². The summed E-state index contributed by atoms with van der Waals surface area (Å²) in [6.45, 7) is 6.40. The molecule has 1 amide bonds. The van der Waals surface area contributed by atoms with Crippen molar-refractivity contribution in [1.82, 2.24) is 10.2 Å². The molecule has 0 saturated carbocycles. The van der Waals surface area contributed by atoms with E-state index >= 15 is 0 Å². The number of aromatic nitrogens is 2. The molecule has 25 heavy (non-hydrogen) atoms. The van der Waals surface area contributed by atoms with Crippen LogP contribution in [0.5, 0.6) is 11.5 Å². The van der Waals surface area contributed by atoms with Crippen molar-refractivity contribution in [3.63, 3.8) is 0 Å². The summed E-state index contributed by atoms with van der Waals surface area (Å²) >= 11 is 7.55. The Labute approximate surface area is 155 Å². The third kappa shape index (κ3) is 5.17. The second-order valence-corrected chi connectivity index (χ2v) is 6.81. The fourth-order valence-corrected chi connectivity index (χ4v) is 3.03. The Balaban J connectivity index is 2.10. The molecule has 0 spiro atoms. The van der Waals surface area contributed by atoms with Crippen molar-refractivity contribution in [2.75, 3.05) is 19.0 Å². The van der Waals surface area contributed by atoms with Gasteiger partial charge >= 0.3 is 0 Å². The van der Waals surface area contributed by atoms with Crippen LogP contribution >= 0.6 is 22.9 Å². The lowest BCUT2D eigenvalue weighted by Gasteiger charge is -2.11. The van der Waals surface area contributed by atoms with Crippen LogP contribution in [0.2, 0.25) is 5.02 Å². The van der Waals surface area contributed by atoms with Gasteiger partial charge in [0.1, 0.15) is 5.01 Å². The maximum absolute atomic E-state index is 12.0. The second kappa shape index (κ2) is 8.82. The molecule has 2 rings (SSSR count). The predicted octanol–water partition coefficient (Wildman–Crippen LogP) is 4.37. The average Bonchev–Trinajstić information content (AvgIpc) is 3.02. The topological polar surface area (TPSA) is 73.3 Å². The second-order valence-electron chi connectivity index (χ2n) is 5.39. The number of hydrogen-bond donors (Lipinski definition) is 1. The van der Waals surface area contributed by atoms with Crippen molar-refractivity contribution in [2.45, 2.75) is 26.7 Å². The van der Waals surface area contributed by atoms with Gasteiger partial charge in [0.25, 0.3) is 0 Å². The summed E-state index contributed by atoms with van der Waals surface area (Å²) in [5.74, 6) is 0.983. The number of anilines is 1. The summed E-state index contributed by atoms with van der Waals surface area (Å²) in [6, 6.07) is 3.47. The van der Waals surface area contributed by atoms with Gasteiger partial charge in [0.15, 0.2) is 11.5 Å². The van der Waals surface area contributed by atoms with Crippen LogP contribution in [0, 0.1) is 0 Å². The van der Waals surface area contributed by atoms with E-state index < -0.39 is 0 Å². The van der Waals surface area contributed by atoms with Crippen LogP contribution in [-0.4, -0.2) is 29.8 Å². The number of nitrogens with one attached hydrogen (secondary N) is 1. The summed E-state index contributed by atoms with van der Waals surface area (Å²) in [6.07, 6.45) is 3.05. The van der Waals surface area contributed by atoms with E-state index in [4.69, 9.17) is 21.1 Å². The number of halogens is 1. The monoisotopic (exact) mass is 381 g/mol. The van der Waals surface area contributed by atoms with E-state index in [1.54, 1.807) is 18.2 Å². The van der Waals surface area contributed by atoms with Gasteiger partial charge in [0.2, 0.25) is 11.0 Å². The van der Waals surface area contributed by atoms with E-state index in [0.717, 1.165) is 10.6 Å². The molecular weight excluding hydrogens is 362 g/mol. The maximum atomic E-state index is 12.0. The van der Waals surface area contributed by atoms with Crippen molar-refractivity contribution >= 4 is 40.1 Å². The van der Waals surface area contributed by atoms with Gasteiger partial charge in [0.05, 0.1) is 18.7 Å². The van der Waals surface area contributed by atoms with Crippen LogP contribution < -0.4 is 14.8 Å². The molecule has 1 aromatic heterocycles. The molecule has 6 nitrogen and oxygen atoms in total. The van der Waals surface area contributed by atoms with Crippen LogP contribution in [0.15, 0.2) is 18.2 Å². The summed E-state index contributed by atoms with van der Waals surface area (Å²) in [4.78, 5) is 12.0. The maximum Gasteiger partial charge on any atom is 0.250 e. The van der Waals surface area contributed by atoms with Crippen LogP contribution in [0.25, 0.3) is 6.08 Å². The van der Waals surface area contributed by atoms with Gasteiger partial charge in [-0.05, 0) is 30.7 Å². The average molecular weight is 382 g/mol. The molecule has 1 aromatic carbocycles. The molecule has 0 fully saturated rings. The number of carbonyl (C=O) groups excluding carboxylic acids is 1. The van der Waals surface area contributed by atoms with E-state index in [-0.39, 0.29) is 11.8 Å². The van der Waals surface area contributed by atoms with Crippen LogP contribution in [0.3, 0.4) is 0 Å². The van der Waals surface area contributed by atoms with Crippen molar-refractivity contribution < 1.29 is 14.3 Å². The number of benzene rings is 1. The first-order chi connectivity index (χ1) is 11.9. The largest absolute Gasteiger partial charge is 0.491 e. The van der Waals surface area contributed by atoms with Crippen molar-refractivity contribution in [3.05, 3.63) is 33.8 Å². The molecule has 1 heterocycles. The molecule has 8 heteroatoms. The first-order valence-corrected chi connectivity index (χ1v) is 8.96. The molecule has 0 bridgehead atoms. The number of amides is 1. The minimum absolute atomic E-state index is 0.275. The Morgan fingerprint density at radius 2 is 2.16 bits per heavy atom. The van der Waals surface area contributed by atoms with E-state index in [2.05, 4.69) is 15.5 Å². The zero-order chi connectivity index (χ0) is 18.4. The highest BCUT2D eigenvalue weighted by Crippen LogP contribution is 2.36. The lowest BCUT2D eigenvalue weighted by atomic mass is 10.2. The van der Waals surface area contributed by atoms with E-state index in [9.17, 15) is 4.79 Å². The Morgan fingerprint density at radius 3 is 2.76 bits per heavy atom. The summed E-state index contributed by atoms with van der Waals surface area (Å²) in [5.41, 5.74) is 0.726. The van der Waals surface area contributed by atoms with Gasteiger partial charge in [-0.3, -0.25) is 10.1 Å². The smallest absolute Gasteiger partial charge is 0.250 e. The third-order valence-electron chi connectivity index (χ3n) is 3.13. The quantitative estimate of drug-likeness (QED) is 0.720. The highest BCUT2D eigenvalue weighted by atomic mass is 35.5. The lowest BCUT2D eigenvalue weighted by molar-refractivity contribution is -0.111.